The number of carbonyl (C=O) groups is 3. The Balaban J connectivity index is 4.17. The molecular formula is C34H64O6. The molecule has 0 rings (SSSR count). The predicted octanol–water partition coefficient (Wildman–Crippen LogP) is 9.65. The second kappa shape index (κ2) is 28.9. The SMILES string of the molecule is CCCCCCCCCCCCCC(=O)OC[C@@H](COC(=O)CC(C)C)OC(=O)CCCCCCCCCCC. The highest BCUT2D eigenvalue weighted by molar-refractivity contribution is 5.71. The van der Waals surface area contributed by atoms with Gasteiger partial charge in [0.2, 0.25) is 0 Å². The molecule has 0 fully saturated rings. The van der Waals surface area contributed by atoms with E-state index in [2.05, 4.69) is 13.8 Å². The van der Waals surface area contributed by atoms with Crippen molar-refractivity contribution < 1.29 is 28.6 Å². The molecule has 0 saturated heterocycles. The normalized spacial score (nSPS) is 11.9. The Labute approximate surface area is 247 Å². The second-order valence-electron chi connectivity index (χ2n) is 11.9. The number of hydrogen-bond donors (Lipinski definition) is 0. The molecule has 0 heterocycles. The summed E-state index contributed by atoms with van der Waals surface area (Å²) in [5, 5.41) is 0. The van der Waals surface area contributed by atoms with Gasteiger partial charge in [-0.2, -0.15) is 0 Å². The zero-order valence-electron chi connectivity index (χ0n) is 26.8. The molecule has 0 amide bonds. The maximum atomic E-state index is 12.4. The molecule has 0 aromatic carbocycles. The van der Waals surface area contributed by atoms with E-state index >= 15 is 0 Å². The summed E-state index contributed by atoms with van der Waals surface area (Å²) in [5.74, 6) is -0.760. The summed E-state index contributed by atoms with van der Waals surface area (Å²) in [6.45, 7) is 8.20. The standard InChI is InChI=1S/C34H64O6/c1-5-7-9-11-13-15-16-18-19-21-23-25-32(35)38-28-31(29-39-34(37)27-30(3)4)40-33(36)26-24-22-20-17-14-12-10-8-6-2/h30-31H,5-29H2,1-4H3/t31-/m0/s1. The highest BCUT2D eigenvalue weighted by atomic mass is 16.6. The second-order valence-corrected chi connectivity index (χ2v) is 11.9. The van der Waals surface area contributed by atoms with Gasteiger partial charge in [0.05, 0.1) is 0 Å². The molecule has 0 N–H and O–H groups in total. The van der Waals surface area contributed by atoms with Crippen LogP contribution < -0.4 is 0 Å². The first-order valence-corrected chi connectivity index (χ1v) is 16.9. The van der Waals surface area contributed by atoms with Gasteiger partial charge in [0.1, 0.15) is 13.2 Å². The third-order valence-electron chi connectivity index (χ3n) is 7.20. The quantitative estimate of drug-likeness (QED) is 0.0508. The number of ether oxygens (including phenoxy) is 3. The van der Waals surface area contributed by atoms with Crippen molar-refractivity contribution >= 4 is 17.9 Å². The van der Waals surface area contributed by atoms with Gasteiger partial charge in [-0.25, -0.2) is 0 Å². The minimum Gasteiger partial charge on any atom is -0.462 e. The van der Waals surface area contributed by atoms with Crippen LogP contribution in [0.25, 0.3) is 0 Å². The van der Waals surface area contributed by atoms with Gasteiger partial charge in [0.25, 0.3) is 0 Å². The number of unbranched alkanes of at least 4 members (excludes halogenated alkanes) is 18. The third-order valence-corrected chi connectivity index (χ3v) is 7.20. The zero-order valence-corrected chi connectivity index (χ0v) is 26.8. The molecule has 6 heteroatoms. The molecule has 0 saturated carbocycles. The third kappa shape index (κ3) is 28.0. The Kier molecular flexibility index (Phi) is 27.8. The van der Waals surface area contributed by atoms with E-state index in [0.717, 1.165) is 38.5 Å². The van der Waals surface area contributed by atoms with Gasteiger partial charge in [-0.1, -0.05) is 143 Å². The maximum Gasteiger partial charge on any atom is 0.306 e. The molecule has 0 radical (unpaired) electrons. The number of carbonyl (C=O) groups excluding carboxylic acids is 3. The molecule has 0 aliphatic rings. The Hall–Kier alpha value is -1.59. The Morgan fingerprint density at radius 1 is 0.475 bits per heavy atom. The summed E-state index contributed by atoms with van der Waals surface area (Å²) >= 11 is 0. The molecule has 0 bridgehead atoms. The lowest BCUT2D eigenvalue weighted by molar-refractivity contribution is -0.167. The molecule has 40 heavy (non-hydrogen) atoms. The van der Waals surface area contributed by atoms with Crippen LogP contribution in [0, 0.1) is 5.92 Å². The lowest BCUT2D eigenvalue weighted by atomic mass is 10.1. The Morgan fingerprint density at radius 3 is 1.23 bits per heavy atom. The van der Waals surface area contributed by atoms with Crippen LogP contribution in [0.3, 0.4) is 0 Å². The first kappa shape index (κ1) is 38.4. The van der Waals surface area contributed by atoms with Crippen molar-refractivity contribution in [3.63, 3.8) is 0 Å². The van der Waals surface area contributed by atoms with Gasteiger partial charge in [0, 0.05) is 19.3 Å². The fraction of sp³-hybridized carbons (Fsp3) is 0.912. The van der Waals surface area contributed by atoms with Crippen molar-refractivity contribution in [3.05, 3.63) is 0 Å². The molecule has 0 spiro atoms. The molecule has 0 aromatic heterocycles. The molecular weight excluding hydrogens is 504 g/mol. The van der Waals surface area contributed by atoms with Crippen LogP contribution in [-0.4, -0.2) is 37.2 Å². The lowest BCUT2D eigenvalue weighted by Gasteiger charge is -2.18. The van der Waals surface area contributed by atoms with Gasteiger partial charge < -0.3 is 14.2 Å². The molecule has 0 unspecified atom stereocenters. The minimum absolute atomic E-state index is 0.0741. The van der Waals surface area contributed by atoms with E-state index in [-0.39, 0.29) is 37.0 Å². The van der Waals surface area contributed by atoms with Crippen molar-refractivity contribution in [1.82, 2.24) is 0 Å². The fourth-order valence-corrected chi connectivity index (χ4v) is 4.71. The van der Waals surface area contributed by atoms with E-state index in [0.29, 0.717) is 19.3 Å². The van der Waals surface area contributed by atoms with Crippen molar-refractivity contribution in [2.24, 2.45) is 5.92 Å². The van der Waals surface area contributed by atoms with Crippen molar-refractivity contribution in [3.8, 4) is 0 Å². The van der Waals surface area contributed by atoms with Crippen LogP contribution in [0.2, 0.25) is 0 Å². The molecule has 6 nitrogen and oxygen atoms in total. The maximum absolute atomic E-state index is 12.4. The molecule has 0 aromatic rings. The highest BCUT2D eigenvalue weighted by Gasteiger charge is 2.19. The van der Waals surface area contributed by atoms with Crippen LogP contribution in [0.4, 0.5) is 0 Å². The predicted molar refractivity (Wildman–Crippen MR) is 164 cm³/mol. The van der Waals surface area contributed by atoms with E-state index < -0.39 is 6.10 Å². The zero-order chi connectivity index (χ0) is 29.7. The average molecular weight is 569 g/mol. The number of hydrogen-bond acceptors (Lipinski definition) is 6. The van der Waals surface area contributed by atoms with Gasteiger partial charge in [-0.05, 0) is 18.8 Å². The van der Waals surface area contributed by atoms with Crippen LogP contribution in [0.5, 0.6) is 0 Å². The largest absolute Gasteiger partial charge is 0.462 e. The van der Waals surface area contributed by atoms with E-state index in [1.165, 1.54) is 89.9 Å². The topological polar surface area (TPSA) is 78.9 Å². The van der Waals surface area contributed by atoms with Gasteiger partial charge >= 0.3 is 17.9 Å². The van der Waals surface area contributed by atoms with E-state index in [9.17, 15) is 14.4 Å². The summed E-state index contributed by atoms with van der Waals surface area (Å²) in [5.41, 5.74) is 0. The van der Waals surface area contributed by atoms with Gasteiger partial charge in [-0.3, -0.25) is 14.4 Å². The summed E-state index contributed by atoms with van der Waals surface area (Å²) < 4.78 is 16.3. The molecule has 1 atom stereocenters. The van der Waals surface area contributed by atoms with Crippen LogP contribution in [0.1, 0.15) is 175 Å². The van der Waals surface area contributed by atoms with E-state index in [4.69, 9.17) is 14.2 Å². The monoisotopic (exact) mass is 568 g/mol. The first-order valence-electron chi connectivity index (χ1n) is 16.9. The van der Waals surface area contributed by atoms with E-state index in [1.54, 1.807) is 0 Å². The minimum atomic E-state index is -0.761. The van der Waals surface area contributed by atoms with Crippen molar-refractivity contribution in [2.75, 3.05) is 13.2 Å². The Bertz CT molecular complexity index is 603. The summed E-state index contributed by atoms with van der Waals surface area (Å²) in [6.07, 6.45) is 24.3. The van der Waals surface area contributed by atoms with Crippen LogP contribution in [0.15, 0.2) is 0 Å². The van der Waals surface area contributed by atoms with Crippen LogP contribution >= 0.6 is 0 Å². The lowest BCUT2D eigenvalue weighted by Crippen LogP contribution is -2.31. The van der Waals surface area contributed by atoms with Gasteiger partial charge in [-0.15, -0.1) is 0 Å². The summed E-state index contributed by atoms with van der Waals surface area (Å²) in [4.78, 5) is 36.7. The highest BCUT2D eigenvalue weighted by Crippen LogP contribution is 2.14. The van der Waals surface area contributed by atoms with E-state index in [1.807, 2.05) is 13.8 Å². The number of rotatable bonds is 29. The summed E-state index contributed by atoms with van der Waals surface area (Å²) in [7, 11) is 0. The fourth-order valence-electron chi connectivity index (χ4n) is 4.71. The molecule has 236 valence electrons. The van der Waals surface area contributed by atoms with Gasteiger partial charge in [0.15, 0.2) is 6.10 Å². The Morgan fingerprint density at radius 2 is 0.825 bits per heavy atom. The summed E-state index contributed by atoms with van der Waals surface area (Å²) in [6, 6.07) is 0. The van der Waals surface area contributed by atoms with Crippen molar-refractivity contribution in [1.29, 1.82) is 0 Å². The van der Waals surface area contributed by atoms with Crippen LogP contribution in [-0.2, 0) is 28.6 Å². The average Bonchev–Trinajstić information content (AvgIpc) is 2.91. The molecule has 0 aliphatic heterocycles. The van der Waals surface area contributed by atoms with Crippen molar-refractivity contribution in [2.45, 2.75) is 181 Å². The molecule has 0 aliphatic carbocycles. The smallest absolute Gasteiger partial charge is 0.306 e. The first-order chi connectivity index (χ1) is 19.4. The number of esters is 3.